The molecule has 0 bridgehead atoms. The Labute approximate surface area is 164 Å². The van der Waals surface area contributed by atoms with Gasteiger partial charge in [0.1, 0.15) is 5.82 Å². The molecular weight excluding hydrogens is 360 g/mol. The lowest BCUT2D eigenvalue weighted by Gasteiger charge is -2.12. The lowest BCUT2D eigenvalue weighted by molar-refractivity contribution is 0.197. The van der Waals surface area contributed by atoms with Crippen LogP contribution in [0.2, 0.25) is 5.02 Å². The predicted molar refractivity (Wildman–Crippen MR) is 112 cm³/mol. The molecule has 3 rings (SSSR count). The number of benzene rings is 2. The number of halogens is 1. The van der Waals surface area contributed by atoms with Crippen molar-refractivity contribution in [1.82, 2.24) is 9.97 Å². The normalized spacial score (nSPS) is 10.6. The van der Waals surface area contributed by atoms with E-state index in [-0.39, 0.29) is 0 Å². The molecule has 2 aromatic carbocycles. The third-order valence-corrected chi connectivity index (χ3v) is 4.46. The SMILES string of the molecule is COCCCNc1nc(Nc2ccc(C)c(Cl)c2)cc(-c2ccccc2)n1. The molecule has 6 heteroatoms. The van der Waals surface area contributed by atoms with E-state index in [1.807, 2.05) is 61.5 Å². The first-order valence-electron chi connectivity index (χ1n) is 8.86. The molecule has 0 fully saturated rings. The van der Waals surface area contributed by atoms with Gasteiger partial charge in [0.25, 0.3) is 0 Å². The minimum Gasteiger partial charge on any atom is -0.385 e. The highest BCUT2D eigenvalue weighted by Gasteiger charge is 2.08. The molecule has 0 saturated heterocycles. The van der Waals surface area contributed by atoms with Crippen LogP contribution in [0.4, 0.5) is 17.5 Å². The van der Waals surface area contributed by atoms with Crippen molar-refractivity contribution in [2.24, 2.45) is 0 Å². The van der Waals surface area contributed by atoms with Crippen LogP contribution < -0.4 is 10.6 Å². The van der Waals surface area contributed by atoms with E-state index in [1.165, 1.54) is 0 Å². The molecule has 1 aromatic heterocycles. The van der Waals surface area contributed by atoms with Gasteiger partial charge in [-0.05, 0) is 31.0 Å². The zero-order valence-electron chi connectivity index (χ0n) is 15.5. The molecule has 0 aliphatic carbocycles. The average Bonchev–Trinajstić information content (AvgIpc) is 2.69. The fourth-order valence-electron chi connectivity index (χ4n) is 2.58. The number of aromatic nitrogens is 2. The maximum Gasteiger partial charge on any atom is 0.225 e. The summed E-state index contributed by atoms with van der Waals surface area (Å²) < 4.78 is 5.09. The summed E-state index contributed by atoms with van der Waals surface area (Å²) in [6, 6.07) is 17.8. The molecule has 3 aromatic rings. The summed E-state index contributed by atoms with van der Waals surface area (Å²) in [6.45, 7) is 3.41. The van der Waals surface area contributed by atoms with Gasteiger partial charge in [-0.3, -0.25) is 0 Å². The second-order valence-corrected chi connectivity index (χ2v) is 6.60. The van der Waals surface area contributed by atoms with Crippen LogP contribution in [0.25, 0.3) is 11.3 Å². The zero-order chi connectivity index (χ0) is 19.1. The first-order valence-corrected chi connectivity index (χ1v) is 9.24. The van der Waals surface area contributed by atoms with E-state index in [0.717, 1.165) is 40.5 Å². The van der Waals surface area contributed by atoms with Gasteiger partial charge in [-0.25, -0.2) is 4.98 Å². The van der Waals surface area contributed by atoms with Crippen molar-refractivity contribution in [3.63, 3.8) is 0 Å². The Bertz CT molecular complexity index is 887. The van der Waals surface area contributed by atoms with E-state index >= 15 is 0 Å². The van der Waals surface area contributed by atoms with Crippen LogP contribution in [0.3, 0.4) is 0 Å². The van der Waals surface area contributed by atoms with Gasteiger partial charge in [-0.2, -0.15) is 4.98 Å². The quantitative estimate of drug-likeness (QED) is 0.518. The highest BCUT2D eigenvalue weighted by atomic mass is 35.5. The van der Waals surface area contributed by atoms with Gasteiger partial charge in [-0.15, -0.1) is 0 Å². The van der Waals surface area contributed by atoms with Gasteiger partial charge in [0.15, 0.2) is 0 Å². The Balaban J connectivity index is 1.87. The maximum absolute atomic E-state index is 6.24. The summed E-state index contributed by atoms with van der Waals surface area (Å²) in [5.41, 5.74) is 3.80. The van der Waals surface area contributed by atoms with Crippen LogP contribution in [0.1, 0.15) is 12.0 Å². The van der Waals surface area contributed by atoms with Crippen LogP contribution in [-0.2, 0) is 4.74 Å². The number of rotatable bonds is 8. The van der Waals surface area contributed by atoms with E-state index < -0.39 is 0 Å². The van der Waals surface area contributed by atoms with Crippen molar-refractivity contribution in [3.05, 3.63) is 65.2 Å². The average molecular weight is 383 g/mol. The van der Waals surface area contributed by atoms with Crippen LogP contribution >= 0.6 is 11.6 Å². The molecule has 0 saturated carbocycles. The largest absolute Gasteiger partial charge is 0.385 e. The Hall–Kier alpha value is -2.63. The molecule has 140 valence electrons. The summed E-state index contributed by atoms with van der Waals surface area (Å²) in [5, 5.41) is 7.31. The number of anilines is 3. The number of hydrogen-bond donors (Lipinski definition) is 2. The molecule has 0 radical (unpaired) electrons. The molecule has 0 aliphatic heterocycles. The van der Waals surface area contributed by atoms with E-state index in [4.69, 9.17) is 16.3 Å². The molecule has 1 heterocycles. The summed E-state index contributed by atoms with van der Waals surface area (Å²) in [6.07, 6.45) is 0.881. The lowest BCUT2D eigenvalue weighted by Crippen LogP contribution is -2.09. The highest BCUT2D eigenvalue weighted by Crippen LogP contribution is 2.26. The topological polar surface area (TPSA) is 59.1 Å². The van der Waals surface area contributed by atoms with E-state index in [1.54, 1.807) is 7.11 Å². The van der Waals surface area contributed by atoms with Crippen molar-refractivity contribution in [3.8, 4) is 11.3 Å². The van der Waals surface area contributed by atoms with Crippen LogP contribution in [0.5, 0.6) is 0 Å². The Morgan fingerprint density at radius 3 is 2.59 bits per heavy atom. The Morgan fingerprint density at radius 2 is 1.85 bits per heavy atom. The van der Waals surface area contributed by atoms with Gasteiger partial charge in [-0.1, -0.05) is 48.0 Å². The minimum atomic E-state index is 0.577. The molecule has 27 heavy (non-hydrogen) atoms. The molecule has 5 nitrogen and oxygen atoms in total. The molecule has 2 N–H and O–H groups in total. The van der Waals surface area contributed by atoms with Crippen molar-refractivity contribution < 1.29 is 4.74 Å². The molecule has 0 amide bonds. The van der Waals surface area contributed by atoms with Gasteiger partial charge in [0, 0.05) is 42.6 Å². The van der Waals surface area contributed by atoms with Gasteiger partial charge in [0.05, 0.1) is 5.69 Å². The number of hydrogen-bond acceptors (Lipinski definition) is 5. The summed E-state index contributed by atoms with van der Waals surface area (Å²) in [7, 11) is 1.70. The number of methoxy groups -OCH3 is 1. The zero-order valence-corrected chi connectivity index (χ0v) is 16.3. The van der Waals surface area contributed by atoms with Gasteiger partial charge < -0.3 is 15.4 Å². The number of ether oxygens (including phenoxy) is 1. The van der Waals surface area contributed by atoms with Gasteiger partial charge in [0.2, 0.25) is 5.95 Å². The minimum absolute atomic E-state index is 0.577. The van der Waals surface area contributed by atoms with Crippen molar-refractivity contribution >= 4 is 29.1 Å². The Kier molecular flexibility index (Phi) is 6.63. The molecule has 0 aliphatic rings. The van der Waals surface area contributed by atoms with E-state index in [2.05, 4.69) is 20.6 Å². The van der Waals surface area contributed by atoms with Crippen LogP contribution in [-0.4, -0.2) is 30.2 Å². The fraction of sp³-hybridized carbons (Fsp3) is 0.238. The predicted octanol–water partition coefficient (Wildman–Crippen LogP) is 5.30. The standard InChI is InChI=1S/C21H23ClN4O/c1-15-9-10-17(13-18(15)22)24-20-14-19(16-7-4-3-5-8-16)25-21(26-20)23-11-6-12-27-2/h3-5,7-10,13-14H,6,11-12H2,1-2H3,(H2,23,24,25,26). The second-order valence-electron chi connectivity index (χ2n) is 6.19. The lowest BCUT2D eigenvalue weighted by atomic mass is 10.1. The molecule has 0 spiro atoms. The fourth-order valence-corrected chi connectivity index (χ4v) is 2.76. The Morgan fingerprint density at radius 1 is 1.04 bits per heavy atom. The van der Waals surface area contributed by atoms with E-state index in [9.17, 15) is 0 Å². The highest BCUT2D eigenvalue weighted by molar-refractivity contribution is 6.31. The first-order chi connectivity index (χ1) is 13.2. The maximum atomic E-state index is 6.24. The summed E-state index contributed by atoms with van der Waals surface area (Å²) in [5.74, 6) is 1.28. The molecular formula is C21H23ClN4O. The summed E-state index contributed by atoms with van der Waals surface area (Å²) >= 11 is 6.24. The number of nitrogens with one attached hydrogen (secondary N) is 2. The van der Waals surface area contributed by atoms with Crippen molar-refractivity contribution in [2.45, 2.75) is 13.3 Å². The van der Waals surface area contributed by atoms with Crippen molar-refractivity contribution in [1.29, 1.82) is 0 Å². The molecule has 0 unspecified atom stereocenters. The summed E-state index contributed by atoms with van der Waals surface area (Å²) in [4.78, 5) is 9.23. The van der Waals surface area contributed by atoms with Gasteiger partial charge >= 0.3 is 0 Å². The van der Waals surface area contributed by atoms with E-state index in [0.29, 0.717) is 18.4 Å². The third kappa shape index (κ3) is 5.42. The van der Waals surface area contributed by atoms with Crippen LogP contribution in [0.15, 0.2) is 54.6 Å². The second kappa shape index (κ2) is 9.35. The monoisotopic (exact) mass is 382 g/mol. The van der Waals surface area contributed by atoms with Crippen LogP contribution in [0, 0.1) is 6.92 Å². The molecule has 0 atom stereocenters. The van der Waals surface area contributed by atoms with Crippen molar-refractivity contribution in [2.75, 3.05) is 30.9 Å². The number of nitrogens with zero attached hydrogens (tertiary/aromatic N) is 2. The first kappa shape index (κ1) is 19.1. The smallest absolute Gasteiger partial charge is 0.225 e. The third-order valence-electron chi connectivity index (χ3n) is 4.05. The number of aryl methyl sites for hydroxylation is 1.